The second kappa shape index (κ2) is 3.79. The van der Waals surface area contributed by atoms with Crippen LogP contribution < -0.4 is 10.6 Å². The summed E-state index contributed by atoms with van der Waals surface area (Å²) < 4.78 is 0. The average Bonchev–Trinajstić information content (AvgIpc) is 2.65. The van der Waals surface area contributed by atoms with Crippen LogP contribution in [0.25, 0.3) is 12.2 Å². The highest BCUT2D eigenvalue weighted by atomic mass is 35.5. The number of rotatable bonds is 0. The second-order valence-corrected chi connectivity index (χ2v) is 4.18. The number of thioether (sulfide) groups is 1. The Balaban J connectivity index is 0.000000750. The molecule has 0 aromatic heterocycles. The van der Waals surface area contributed by atoms with Gasteiger partial charge in [0, 0.05) is 10.1 Å². The van der Waals surface area contributed by atoms with E-state index in [4.69, 9.17) is 0 Å². The van der Waals surface area contributed by atoms with E-state index < -0.39 is 0 Å². The van der Waals surface area contributed by atoms with Crippen molar-refractivity contribution in [2.24, 2.45) is 4.99 Å². The van der Waals surface area contributed by atoms with Gasteiger partial charge in [0.05, 0.1) is 11.2 Å². The van der Waals surface area contributed by atoms with Crippen molar-refractivity contribution in [2.75, 3.05) is 5.88 Å². The summed E-state index contributed by atoms with van der Waals surface area (Å²) in [5.74, 6) is 0.892. The number of allylic oxidation sites excluding steroid dienone is 1. The minimum absolute atomic E-state index is 0. The van der Waals surface area contributed by atoms with Gasteiger partial charge < -0.3 is 0 Å². The SMILES string of the molecule is C1=Cc2ccc3c(c2=CC1)=NCS3.Cl. The molecule has 0 radical (unpaired) electrons. The lowest BCUT2D eigenvalue weighted by Crippen LogP contribution is -2.28. The van der Waals surface area contributed by atoms with Gasteiger partial charge in [-0.2, -0.15) is 0 Å². The smallest absolute Gasteiger partial charge is 0.0898 e. The summed E-state index contributed by atoms with van der Waals surface area (Å²) in [6.45, 7) is 0. The first-order chi connectivity index (χ1) is 6.45. The molecular formula is C11H10ClNS. The molecule has 0 N–H and O–H groups in total. The first kappa shape index (κ1) is 9.81. The van der Waals surface area contributed by atoms with Crippen LogP contribution in [0.15, 0.2) is 28.1 Å². The lowest BCUT2D eigenvalue weighted by atomic mass is 10.1. The van der Waals surface area contributed by atoms with Crippen molar-refractivity contribution in [1.29, 1.82) is 0 Å². The van der Waals surface area contributed by atoms with E-state index in [2.05, 4.69) is 35.4 Å². The molecule has 1 aromatic carbocycles. The molecule has 1 heterocycles. The van der Waals surface area contributed by atoms with Crippen LogP contribution in [0.1, 0.15) is 12.0 Å². The maximum atomic E-state index is 4.51. The standard InChI is InChI=1S/C11H9NS.ClH/c1-2-4-9-8(3-1)5-6-10-11(9)12-7-13-10;/h1,3-6H,2,7H2;1H. The fourth-order valence-electron chi connectivity index (χ4n) is 1.79. The van der Waals surface area contributed by atoms with Crippen LogP contribution in [0.5, 0.6) is 0 Å². The fourth-order valence-corrected chi connectivity index (χ4v) is 2.60. The van der Waals surface area contributed by atoms with E-state index in [9.17, 15) is 0 Å². The summed E-state index contributed by atoms with van der Waals surface area (Å²) in [6, 6.07) is 4.37. The molecule has 0 fully saturated rings. The van der Waals surface area contributed by atoms with Gasteiger partial charge in [-0.15, -0.1) is 24.2 Å². The molecule has 1 nitrogen and oxygen atoms in total. The van der Waals surface area contributed by atoms with E-state index >= 15 is 0 Å². The molecule has 0 spiro atoms. The van der Waals surface area contributed by atoms with Crippen LogP contribution in [0.3, 0.4) is 0 Å². The van der Waals surface area contributed by atoms with Gasteiger partial charge in [0.15, 0.2) is 0 Å². The van der Waals surface area contributed by atoms with Gasteiger partial charge in [0.1, 0.15) is 0 Å². The van der Waals surface area contributed by atoms with Gasteiger partial charge in [-0.1, -0.05) is 24.3 Å². The van der Waals surface area contributed by atoms with Crippen LogP contribution in [0.2, 0.25) is 0 Å². The summed E-state index contributed by atoms with van der Waals surface area (Å²) >= 11 is 1.83. The third kappa shape index (κ3) is 1.39. The molecule has 72 valence electrons. The molecule has 1 aromatic rings. The molecule has 0 bridgehead atoms. The number of hydrogen-bond donors (Lipinski definition) is 0. The van der Waals surface area contributed by atoms with Crippen molar-refractivity contribution < 1.29 is 0 Å². The molecule has 0 unspecified atom stereocenters. The van der Waals surface area contributed by atoms with Crippen LogP contribution in [0, 0.1) is 0 Å². The number of fused-ring (bicyclic) bond motifs is 3. The van der Waals surface area contributed by atoms with Crippen molar-refractivity contribution in [1.82, 2.24) is 0 Å². The van der Waals surface area contributed by atoms with E-state index in [1.54, 1.807) is 0 Å². The third-order valence-electron chi connectivity index (χ3n) is 2.41. The number of hydrogen-bond acceptors (Lipinski definition) is 2. The van der Waals surface area contributed by atoms with E-state index in [1.165, 1.54) is 21.0 Å². The fraction of sp³-hybridized carbons (Fsp3) is 0.182. The quantitative estimate of drug-likeness (QED) is 0.655. The monoisotopic (exact) mass is 223 g/mol. The van der Waals surface area contributed by atoms with E-state index in [-0.39, 0.29) is 12.4 Å². The molecule has 0 atom stereocenters. The molecule has 2 aliphatic rings. The minimum Gasteiger partial charge on any atom is -0.272 e. The molecular weight excluding hydrogens is 214 g/mol. The lowest BCUT2D eigenvalue weighted by molar-refractivity contribution is 1.17. The zero-order chi connectivity index (χ0) is 8.67. The molecule has 1 aliphatic carbocycles. The van der Waals surface area contributed by atoms with Gasteiger partial charge in [0.25, 0.3) is 0 Å². The summed E-state index contributed by atoms with van der Waals surface area (Å²) in [7, 11) is 0. The Kier molecular flexibility index (Phi) is 2.66. The third-order valence-corrected chi connectivity index (χ3v) is 3.31. The summed E-state index contributed by atoms with van der Waals surface area (Å²) in [5.41, 5.74) is 1.32. The van der Waals surface area contributed by atoms with Gasteiger partial charge in [-0.25, -0.2) is 0 Å². The zero-order valence-corrected chi connectivity index (χ0v) is 9.20. The Hall–Kier alpha value is -0.730. The summed E-state index contributed by atoms with van der Waals surface area (Å²) in [5, 5.41) is 2.55. The van der Waals surface area contributed by atoms with Gasteiger partial charge >= 0.3 is 0 Å². The maximum Gasteiger partial charge on any atom is 0.0898 e. The Bertz CT molecular complexity index is 505. The second-order valence-electron chi connectivity index (χ2n) is 3.19. The van der Waals surface area contributed by atoms with Crippen molar-refractivity contribution in [3.63, 3.8) is 0 Å². The van der Waals surface area contributed by atoms with Gasteiger partial charge in [-0.05, 0) is 18.1 Å². The Morgan fingerprint density at radius 1 is 1.29 bits per heavy atom. The van der Waals surface area contributed by atoms with Crippen molar-refractivity contribution in [2.45, 2.75) is 11.3 Å². The lowest BCUT2D eigenvalue weighted by Gasteiger charge is -2.02. The Morgan fingerprint density at radius 3 is 3.14 bits per heavy atom. The molecule has 0 saturated carbocycles. The summed E-state index contributed by atoms with van der Waals surface area (Å²) in [6.07, 6.45) is 7.69. The Labute approximate surface area is 93.0 Å². The highest BCUT2D eigenvalue weighted by Crippen LogP contribution is 2.17. The van der Waals surface area contributed by atoms with Gasteiger partial charge in [-0.3, -0.25) is 4.99 Å². The summed E-state index contributed by atoms with van der Waals surface area (Å²) in [4.78, 5) is 5.85. The van der Waals surface area contributed by atoms with Crippen LogP contribution >= 0.6 is 24.2 Å². The largest absolute Gasteiger partial charge is 0.272 e. The van der Waals surface area contributed by atoms with E-state index in [0.29, 0.717) is 0 Å². The van der Waals surface area contributed by atoms with E-state index in [1.807, 2.05) is 11.8 Å². The predicted molar refractivity (Wildman–Crippen MR) is 63.3 cm³/mol. The van der Waals surface area contributed by atoms with Crippen molar-refractivity contribution >= 4 is 36.3 Å². The topological polar surface area (TPSA) is 12.4 Å². The molecule has 0 saturated heterocycles. The molecule has 14 heavy (non-hydrogen) atoms. The van der Waals surface area contributed by atoms with Crippen LogP contribution in [-0.2, 0) is 0 Å². The average molecular weight is 224 g/mol. The minimum atomic E-state index is 0. The van der Waals surface area contributed by atoms with Crippen molar-refractivity contribution in [3.05, 3.63) is 34.3 Å². The normalized spacial score (nSPS) is 16.0. The van der Waals surface area contributed by atoms with Crippen LogP contribution in [0.4, 0.5) is 0 Å². The number of nitrogens with zero attached hydrogens (tertiary/aromatic N) is 1. The van der Waals surface area contributed by atoms with Crippen LogP contribution in [-0.4, -0.2) is 5.88 Å². The Morgan fingerprint density at radius 2 is 2.21 bits per heavy atom. The number of benzene rings is 1. The highest BCUT2D eigenvalue weighted by molar-refractivity contribution is 7.99. The molecule has 3 rings (SSSR count). The maximum absolute atomic E-state index is 4.51. The first-order valence-electron chi connectivity index (χ1n) is 4.42. The van der Waals surface area contributed by atoms with E-state index in [0.717, 1.165) is 12.3 Å². The first-order valence-corrected chi connectivity index (χ1v) is 5.41. The molecule has 3 heteroatoms. The zero-order valence-electron chi connectivity index (χ0n) is 7.56. The van der Waals surface area contributed by atoms with Crippen molar-refractivity contribution in [3.8, 4) is 0 Å². The number of halogens is 1. The highest BCUT2D eigenvalue weighted by Gasteiger charge is 2.08. The molecule has 1 aliphatic heterocycles. The van der Waals surface area contributed by atoms with Gasteiger partial charge in [0.2, 0.25) is 0 Å². The molecule has 0 amide bonds. The predicted octanol–water partition coefficient (Wildman–Crippen LogP) is 1.99.